The molecule has 0 unspecified atom stereocenters. The summed E-state index contributed by atoms with van der Waals surface area (Å²) >= 11 is 6.05. The Morgan fingerprint density at radius 1 is 1.36 bits per heavy atom. The fraction of sp³-hybridized carbons (Fsp3) is 0.400. The number of hydrogen-bond acceptors (Lipinski definition) is 2. The Bertz CT molecular complexity index is 353. The van der Waals surface area contributed by atoms with Crippen LogP contribution < -0.4 is 4.90 Å². The zero-order valence-electron chi connectivity index (χ0n) is 8.37. The van der Waals surface area contributed by atoms with E-state index in [-0.39, 0.29) is 0 Å². The van der Waals surface area contributed by atoms with Crippen LogP contribution in [0.2, 0.25) is 5.02 Å². The molecule has 0 aliphatic carbocycles. The van der Waals surface area contributed by atoms with E-state index in [1.165, 1.54) is 0 Å². The van der Waals surface area contributed by atoms with Gasteiger partial charge in [0.05, 0.1) is 16.8 Å². The van der Waals surface area contributed by atoms with E-state index in [2.05, 4.69) is 23.7 Å². The van der Waals surface area contributed by atoms with Gasteiger partial charge in [0.1, 0.15) is 0 Å². The van der Waals surface area contributed by atoms with E-state index in [9.17, 15) is 0 Å². The summed E-state index contributed by atoms with van der Waals surface area (Å²) in [6, 6.07) is 5.25. The maximum atomic E-state index is 8.56. The first kappa shape index (κ1) is 10.8. The van der Waals surface area contributed by atoms with Crippen LogP contribution in [0.1, 0.15) is 13.8 Å². The quantitative estimate of drug-likeness (QED) is 0.713. The van der Waals surface area contributed by atoms with Gasteiger partial charge in [0, 0.05) is 19.2 Å². The average molecular weight is 211 g/mol. The summed E-state index contributed by atoms with van der Waals surface area (Å²) in [5.41, 5.74) is 1.45. The average Bonchev–Trinajstić information content (AvgIpc) is 2.22. The van der Waals surface area contributed by atoms with Gasteiger partial charge in [-0.25, -0.2) is 0 Å². The van der Waals surface area contributed by atoms with Gasteiger partial charge in [0.15, 0.2) is 4.98 Å². The van der Waals surface area contributed by atoms with Crippen molar-refractivity contribution in [3.8, 4) is 0 Å². The number of hydrogen-bond donors (Lipinski definition) is 0. The zero-order chi connectivity index (χ0) is 10.6. The van der Waals surface area contributed by atoms with Crippen LogP contribution in [0.4, 0.5) is 11.4 Å². The zero-order valence-corrected chi connectivity index (χ0v) is 9.12. The molecule has 0 fully saturated rings. The van der Waals surface area contributed by atoms with E-state index in [4.69, 9.17) is 17.0 Å². The van der Waals surface area contributed by atoms with Crippen molar-refractivity contribution in [1.29, 1.82) is 5.39 Å². The van der Waals surface area contributed by atoms with Gasteiger partial charge in [-0.1, -0.05) is 11.6 Å². The summed E-state index contributed by atoms with van der Waals surface area (Å²) in [4.78, 5) is 5.22. The second-order valence-electron chi connectivity index (χ2n) is 2.91. The van der Waals surface area contributed by atoms with Gasteiger partial charge in [-0.2, -0.15) is 0 Å². The van der Waals surface area contributed by atoms with E-state index in [0.717, 1.165) is 18.8 Å². The molecule has 4 heteroatoms. The predicted octanol–water partition coefficient (Wildman–Crippen LogP) is 3.67. The first-order valence-electron chi connectivity index (χ1n) is 4.62. The van der Waals surface area contributed by atoms with Crippen LogP contribution in [-0.4, -0.2) is 13.1 Å². The van der Waals surface area contributed by atoms with Crippen molar-refractivity contribution in [2.45, 2.75) is 13.8 Å². The molecule has 3 nitrogen and oxygen atoms in total. The number of diazo groups is 1. The van der Waals surface area contributed by atoms with Gasteiger partial charge in [0.2, 0.25) is 5.39 Å². The maximum absolute atomic E-state index is 8.56. The molecular formula is C10H13ClN3+. The molecule has 1 rings (SSSR count). The third kappa shape index (κ3) is 2.15. The Morgan fingerprint density at radius 2 is 2.00 bits per heavy atom. The van der Waals surface area contributed by atoms with Crippen LogP contribution in [-0.2, 0) is 0 Å². The monoisotopic (exact) mass is 210 g/mol. The van der Waals surface area contributed by atoms with Crippen LogP contribution >= 0.6 is 11.6 Å². The van der Waals surface area contributed by atoms with Gasteiger partial charge in [-0.3, -0.25) is 0 Å². The number of rotatable bonds is 3. The topological polar surface area (TPSA) is 31.4 Å². The van der Waals surface area contributed by atoms with E-state index < -0.39 is 0 Å². The van der Waals surface area contributed by atoms with E-state index in [1.807, 2.05) is 6.07 Å². The second kappa shape index (κ2) is 4.83. The van der Waals surface area contributed by atoms with Crippen LogP contribution in [0.5, 0.6) is 0 Å². The molecule has 0 N–H and O–H groups in total. The molecule has 0 saturated heterocycles. The van der Waals surface area contributed by atoms with Crippen molar-refractivity contribution < 1.29 is 0 Å². The van der Waals surface area contributed by atoms with Crippen LogP contribution in [0.25, 0.3) is 4.98 Å². The minimum absolute atomic E-state index is 0.478. The standard InChI is InChI=1S/C10H13ClN3/c1-3-14(4-2)10-6-5-8(13-12)7-9(10)11/h5-7H,3-4H2,1-2H3/q+1. The Kier molecular flexibility index (Phi) is 3.73. The normalized spacial score (nSPS) is 9.57. The minimum atomic E-state index is 0.478. The molecule has 0 bridgehead atoms. The molecule has 0 atom stereocenters. The lowest BCUT2D eigenvalue weighted by molar-refractivity contribution is 0.866. The Balaban J connectivity index is 3.05. The van der Waals surface area contributed by atoms with Crippen molar-refractivity contribution in [3.63, 3.8) is 0 Å². The fourth-order valence-electron chi connectivity index (χ4n) is 1.38. The summed E-state index contributed by atoms with van der Waals surface area (Å²) in [6.45, 7) is 5.96. The Labute approximate surface area is 88.9 Å². The highest BCUT2D eigenvalue weighted by atomic mass is 35.5. The molecule has 0 amide bonds. The molecule has 0 heterocycles. The summed E-state index contributed by atoms with van der Waals surface area (Å²) in [5, 5.41) is 9.17. The number of halogens is 1. The molecule has 0 spiro atoms. The predicted molar refractivity (Wildman–Crippen MR) is 59.8 cm³/mol. The van der Waals surface area contributed by atoms with Crippen molar-refractivity contribution >= 4 is 23.0 Å². The van der Waals surface area contributed by atoms with E-state index >= 15 is 0 Å². The van der Waals surface area contributed by atoms with Gasteiger partial charge in [-0.15, -0.1) is 0 Å². The lowest BCUT2D eigenvalue weighted by Crippen LogP contribution is -2.21. The van der Waals surface area contributed by atoms with E-state index in [1.54, 1.807) is 12.1 Å². The third-order valence-corrected chi connectivity index (χ3v) is 2.45. The molecule has 1 aromatic rings. The third-order valence-electron chi connectivity index (χ3n) is 2.15. The molecule has 0 aliphatic rings. The van der Waals surface area contributed by atoms with E-state index in [0.29, 0.717) is 10.7 Å². The molecular weight excluding hydrogens is 198 g/mol. The van der Waals surface area contributed by atoms with Gasteiger partial charge < -0.3 is 4.90 Å². The van der Waals surface area contributed by atoms with Crippen molar-refractivity contribution in [2.75, 3.05) is 18.0 Å². The van der Waals surface area contributed by atoms with Crippen molar-refractivity contribution in [2.24, 2.45) is 0 Å². The molecule has 0 aromatic heterocycles. The smallest absolute Gasteiger partial charge is 0.371 e. The number of benzene rings is 1. The lowest BCUT2D eigenvalue weighted by atomic mass is 10.2. The number of nitrogens with zero attached hydrogens (tertiary/aromatic N) is 3. The summed E-state index contributed by atoms with van der Waals surface area (Å²) in [5.74, 6) is 0. The SMILES string of the molecule is CCN(CC)c1ccc([N+]#N)cc1Cl. The van der Waals surface area contributed by atoms with Crippen molar-refractivity contribution in [1.82, 2.24) is 0 Å². The van der Waals surface area contributed by atoms with Crippen molar-refractivity contribution in [3.05, 3.63) is 28.2 Å². The first-order chi connectivity index (χ1) is 6.72. The molecule has 74 valence electrons. The highest BCUT2D eigenvalue weighted by molar-refractivity contribution is 6.33. The molecule has 1 aromatic carbocycles. The van der Waals surface area contributed by atoms with Gasteiger partial charge >= 0.3 is 5.69 Å². The van der Waals surface area contributed by atoms with Gasteiger partial charge in [0.25, 0.3) is 0 Å². The minimum Gasteiger partial charge on any atom is -0.371 e. The lowest BCUT2D eigenvalue weighted by Gasteiger charge is -2.21. The first-order valence-corrected chi connectivity index (χ1v) is 5.00. The van der Waals surface area contributed by atoms with Crippen LogP contribution in [0, 0.1) is 5.39 Å². The maximum Gasteiger partial charge on any atom is 0.386 e. The van der Waals surface area contributed by atoms with Gasteiger partial charge in [-0.05, 0) is 19.9 Å². The molecule has 0 aliphatic heterocycles. The fourth-order valence-corrected chi connectivity index (χ4v) is 1.67. The second-order valence-corrected chi connectivity index (χ2v) is 3.32. The molecule has 0 radical (unpaired) electrons. The largest absolute Gasteiger partial charge is 0.386 e. The summed E-state index contributed by atoms with van der Waals surface area (Å²) in [7, 11) is 0. The van der Waals surface area contributed by atoms with Crippen LogP contribution in [0.3, 0.4) is 0 Å². The summed E-state index contributed by atoms with van der Waals surface area (Å²) < 4.78 is 0. The summed E-state index contributed by atoms with van der Waals surface area (Å²) in [6.07, 6.45) is 0. The number of anilines is 1. The Morgan fingerprint density at radius 3 is 2.43 bits per heavy atom. The Hall–Kier alpha value is -1.27. The van der Waals surface area contributed by atoms with Crippen LogP contribution in [0.15, 0.2) is 18.2 Å². The highest BCUT2D eigenvalue weighted by Gasteiger charge is 2.11. The highest BCUT2D eigenvalue weighted by Crippen LogP contribution is 2.29. The molecule has 0 saturated carbocycles. The molecule has 14 heavy (non-hydrogen) atoms.